The molecule has 1 fully saturated rings. The van der Waals surface area contributed by atoms with E-state index in [0.29, 0.717) is 17.7 Å². The summed E-state index contributed by atoms with van der Waals surface area (Å²) in [5, 5.41) is 29.5. The SMILES string of the molecule is CN(C/C=C(/N)CC(=O)O)C[C@H]1O[C@@H](n2cnc3c(N)ncnc32)C(O)C1O. The van der Waals surface area contributed by atoms with Crippen molar-refractivity contribution in [3.63, 3.8) is 0 Å². The number of hydrogen-bond donors (Lipinski definition) is 5. The second-order valence-corrected chi connectivity index (χ2v) is 6.70. The molecule has 0 spiro atoms. The number of aliphatic carboxylic acids is 1. The minimum Gasteiger partial charge on any atom is -0.481 e. The zero-order valence-corrected chi connectivity index (χ0v) is 15.2. The molecule has 2 aromatic rings. The van der Waals surface area contributed by atoms with Crippen molar-refractivity contribution in [2.45, 2.75) is 31.0 Å². The molecule has 2 unspecified atom stereocenters. The van der Waals surface area contributed by atoms with Crippen LogP contribution in [-0.4, -0.2) is 84.2 Å². The highest BCUT2D eigenvalue weighted by molar-refractivity contribution is 5.81. The van der Waals surface area contributed by atoms with Gasteiger partial charge in [-0.1, -0.05) is 6.08 Å². The minimum atomic E-state index is -1.19. The second kappa shape index (κ2) is 8.06. The number of nitrogens with two attached hydrogens (primary N) is 2. The highest BCUT2D eigenvalue weighted by Crippen LogP contribution is 2.32. The molecular formula is C16H23N7O5. The summed E-state index contributed by atoms with van der Waals surface area (Å²) in [5.41, 5.74) is 12.4. The molecule has 12 heteroatoms. The Bertz CT molecular complexity index is 885. The molecule has 0 saturated carbocycles. The number of nitrogen functional groups attached to an aromatic ring is 1. The fraction of sp³-hybridized carbons (Fsp3) is 0.500. The zero-order chi connectivity index (χ0) is 20.4. The number of carboxylic acid groups (broad SMARTS) is 1. The van der Waals surface area contributed by atoms with Crippen molar-refractivity contribution < 1.29 is 24.9 Å². The smallest absolute Gasteiger partial charge is 0.309 e. The first-order chi connectivity index (χ1) is 13.3. The fourth-order valence-electron chi connectivity index (χ4n) is 3.07. The number of likely N-dealkylation sites (N-methyl/N-ethyl adjacent to an activating group) is 1. The Balaban J connectivity index is 1.68. The van der Waals surface area contributed by atoms with Crippen molar-refractivity contribution in [3.8, 4) is 0 Å². The van der Waals surface area contributed by atoms with Crippen LogP contribution in [0.15, 0.2) is 24.4 Å². The number of aliphatic hydroxyl groups is 2. The van der Waals surface area contributed by atoms with Crippen molar-refractivity contribution in [2.75, 3.05) is 25.9 Å². The molecule has 28 heavy (non-hydrogen) atoms. The van der Waals surface area contributed by atoms with E-state index in [0.717, 1.165) is 0 Å². The van der Waals surface area contributed by atoms with Crippen LogP contribution < -0.4 is 11.5 Å². The van der Waals surface area contributed by atoms with Gasteiger partial charge in [0.2, 0.25) is 0 Å². The standard InChI is InChI=1S/C16H23N7O5/c1-22(3-2-8(17)4-10(24)25)5-9-12(26)13(27)16(28-9)23-7-21-11-14(18)19-6-20-15(11)23/h2,6-7,9,12-13,16,26-27H,3-5,17H2,1H3,(H,24,25)(H2,18,19,20)/b8-2+/t9-,12?,13?,16-/m1/s1. The second-order valence-electron chi connectivity index (χ2n) is 6.70. The normalized spacial score (nSPS) is 25.6. The molecule has 152 valence electrons. The maximum Gasteiger partial charge on any atom is 0.309 e. The Hall–Kier alpha value is -2.80. The van der Waals surface area contributed by atoms with Gasteiger partial charge in [-0.15, -0.1) is 0 Å². The summed E-state index contributed by atoms with van der Waals surface area (Å²) in [5.74, 6) is -0.798. The number of hydrogen-bond acceptors (Lipinski definition) is 10. The van der Waals surface area contributed by atoms with Crippen molar-refractivity contribution in [3.05, 3.63) is 24.4 Å². The van der Waals surface area contributed by atoms with Crippen LogP contribution >= 0.6 is 0 Å². The minimum absolute atomic E-state index is 0.207. The summed E-state index contributed by atoms with van der Waals surface area (Å²) in [4.78, 5) is 24.6. The number of anilines is 1. The third-order valence-electron chi connectivity index (χ3n) is 4.51. The number of aromatic nitrogens is 4. The van der Waals surface area contributed by atoms with Crippen molar-refractivity contribution in [2.24, 2.45) is 5.73 Å². The molecule has 0 aromatic carbocycles. The Kier molecular flexibility index (Phi) is 5.74. The molecule has 2 aromatic heterocycles. The lowest BCUT2D eigenvalue weighted by atomic mass is 10.1. The van der Waals surface area contributed by atoms with Crippen LogP contribution in [0.4, 0.5) is 5.82 Å². The van der Waals surface area contributed by atoms with Gasteiger partial charge in [0.1, 0.15) is 30.2 Å². The fourth-order valence-corrected chi connectivity index (χ4v) is 3.07. The average molecular weight is 393 g/mol. The van der Waals surface area contributed by atoms with Gasteiger partial charge < -0.3 is 31.5 Å². The van der Waals surface area contributed by atoms with E-state index in [1.807, 2.05) is 0 Å². The summed E-state index contributed by atoms with van der Waals surface area (Å²) in [6.45, 7) is 0.652. The molecule has 0 radical (unpaired) electrons. The van der Waals surface area contributed by atoms with Crippen LogP contribution in [0.1, 0.15) is 12.6 Å². The summed E-state index contributed by atoms with van der Waals surface area (Å²) < 4.78 is 7.36. The van der Waals surface area contributed by atoms with Gasteiger partial charge in [0.05, 0.1) is 12.7 Å². The molecule has 7 N–H and O–H groups in total. The van der Waals surface area contributed by atoms with E-state index in [1.54, 1.807) is 18.0 Å². The van der Waals surface area contributed by atoms with Crippen molar-refractivity contribution in [1.29, 1.82) is 0 Å². The number of nitrogens with zero attached hydrogens (tertiary/aromatic N) is 5. The number of aliphatic hydroxyl groups excluding tert-OH is 2. The first kappa shape index (κ1) is 19.9. The first-order valence-corrected chi connectivity index (χ1v) is 8.57. The lowest BCUT2D eigenvalue weighted by Gasteiger charge is -2.21. The van der Waals surface area contributed by atoms with E-state index in [1.165, 1.54) is 17.2 Å². The van der Waals surface area contributed by atoms with E-state index < -0.39 is 30.5 Å². The number of fused-ring (bicyclic) bond motifs is 1. The Morgan fingerprint density at radius 2 is 2.11 bits per heavy atom. The van der Waals surface area contributed by atoms with Gasteiger partial charge in [0.25, 0.3) is 0 Å². The van der Waals surface area contributed by atoms with Gasteiger partial charge in [-0.2, -0.15) is 0 Å². The molecule has 12 nitrogen and oxygen atoms in total. The molecule has 0 aliphatic carbocycles. The number of ether oxygens (including phenoxy) is 1. The lowest BCUT2D eigenvalue weighted by Crippen LogP contribution is -2.38. The first-order valence-electron chi connectivity index (χ1n) is 8.57. The van der Waals surface area contributed by atoms with E-state index in [4.69, 9.17) is 21.3 Å². The molecular weight excluding hydrogens is 370 g/mol. The topological polar surface area (TPSA) is 186 Å². The summed E-state index contributed by atoms with van der Waals surface area (Å²) in [6.07, 6.45) is 0.160. The molecule has 3 heterocycles. The zero-order valence-electron chi connectivity index (χ0n) is 15.2. The molecule has 3 rings (SSSR count). The Morgan fingerprint density at radius 3 is 2.82 bits per heavy atom. The monoisotopic (exact) mass is 393 g/mol. The molecule has 0 amide bonds. The third kappa shape index (κ3) is 4.04. The lowest BCUT2D eigenvalue weighted by molar-refractivity contribution is -0.136. The third-order valence-corrected chi connectivity index (χ3v) is 4.51. The van der Waals surface area contributed by atoms with Gasteiger partial charge in [0, 0.05) is 18.8 Å². The molecule has 4 atom stereocenters. The molecule has 0 bridgehead atoms. The van der Waals surface area contributed by atoms with Gasteiger partial charge in [0.15, 0.2) is 17.7 Å². The van der Waals surface area contributed by atoms with E-state index in [-0.39, 0.29) is 24.5 Å². The van der Waals surface area contributed by atoms with Crippen LogP contribution in [0, 0.1) is 0 Å². The number of carbonyl (C=O) groups is 1. The molecule has 1 saturated heterocycles. The molecule has 1 aliphatic rings. The van der Waals surface area contributed by atoms with Gasteiger partial charge >= 0.3 is 5.97 Å². The van der Waals surface area contributed by atoms with Crippen molar-refractivity contribution in [1.82, 2.24) is 24.4 Å². The van der Waals surface area contributed by atoms with Crippen LogP contribution in [0.2, 0.25) is 0 Å². The predicted molar refractivity (Wildman–Crippen MR) is 97.7 cm³/mol. The Labute approximate surface area is 160 Å². The van der Waals surface area contributed by atoms with Crippen LogP contribution in [0.3, 0.4) is 0 Å². The van der Waals surface area contributed by atoms with Gasteiger partial charge in [-0.3, -0.25) is 14.3 Å². The largest absolute Gasteiger partial charge is 0.481 e. The number of carboxylic acids is 1. The van der Waals surface area contributed by atoms with Crippen LogP contribution in [0.25, 0.3) is 11.2 Å². The van der Waals surface area contributed by atoms with Gasteiger partial charge in [-0.05, 0) is 7.05 Å². The highest BCUT2D eigenvalue weighted by atomic mass is 16.6. The van der Waals surface area contributed by atoms with E-state index in [2.05, 4.69) is 15.0 Å². The summed E-state index contributed by atoms with van der Waals surface area (Å²) >= 11 is 0. The Morgan fingerprint density at radius 1 is 1.36 bits per heavy atom. The van der Waals surface area contributed by atoms with E-state index >= 15 is 0 Å². The van der Waals surface area contributed by atoms with Crippen molar-refractivity contribution >= 4 is 23.0 Å². The van der Waals surface area contributed by atoms with Gasteiger partial charge in [-0.25, -0.2) is 15.0 Å². The highest BCUT2D eigenvalue weighted by Gasteiger charge is 2.44. The quantitative estimate of drug-likeness (QED) is 0.360. The summed E-state index contributed by atoms with van der Waals surface area (Å²) in [6, 6.07) is 0. The number of imidazole rings is 1. The number of rotatable bonds is 7. The van der Waals surface area contributed by atoms with E-state index in [9.17, 15) is 15.0 Å². The molecule has 1 aliphatic heterocycles. The average Bonchev–Trinajstić information content (AvgIpc) is 3.17. The predicted octanol–water partition coefficient (Wildman–Crippen LogP) is -1.72. The summed E-state index contributed by atoms with van der Waals surface area (Å²) in [7, 11) is 1.76. The van der Waals surface area contributed by atoms with Crippen LogP contribution in [0.5, 0.6) is 0 Å². The maximum absolute atomic E-state index is 10.6. The maximum atomic E-state index is 10.6. The van der Waals surface area contributed by atoms with Crippen LogP contribution in [-0.2, 0) is 9.53 Å².